The number of pyridine rings is 2. The molecular formula is C28H33FN6O2. The minimum Gasteiger partial charge on any atom is -0.490 e. The summed E-state index contributed by atoms with van der Waals surface area (Å²) in [6.45, 7) is 2.32. The second-order valence-electron chi connectivity index (χ2n) is 10.7. The summed E-state index contributed by atoms with van der Waals surface area (Å²) in [7, 11) is 6.27. The number of benzene rings is 1. The molecule has 0 atom stereocenters. The summed E-state index contributed by atoms with van der Waals surface area (Å²) in [4.78, 5) is 27.7. The maximum absolute atomic E-state index is 15.7. The first-order valence-electron chi connectivity index (χ1n) is 13.0. The number of piperidine rings is 1. The molecule has 3 aliphatic rings. The summed E-state index contributed by atoms with van der Waals surface area (Å²) >= 11 is 0. The van der Waals surface area contributed by atoms with Gasteiger partial charge in [0.15, 0.2) is 0 Å². The predicted molar refractivity (Wildman–Crippen MR) is 144 cm³/mol. The molecule has 1 aromatic carbocycles. The van der Waals surface area contributed by atoms with E-state index in [9.17, 15) is 4.79 Å². The molecule has 8 nitrogen and oxygen atoms in total. The molecule has 4 heterocycles. The van der Waals surface area contributed by atoms with Gasteiger partial charge in [0, 0.05) is 44.0 Å². The Morgan fingerprint density at radius 3 is 2.59 bits per heavy atom. The van der Waals surface area contributed by atoms with Gasteiger partial charge in [-0.25, -0.2) is 9.37 Å². The van der Waals surface area contributed by atoms with E-state index in [0.717, 1.165) is 56.7 Å². The minimum atomic E-state index is -0.419. The average Bonchev–Trinajstić information content (AvgIpc) is 2.87. The lowest BCUT2D eigenvalue weighted by Crippen LogP contribution is -2.56. The van der Waals surface area contributed by atoms with Gasteiger partial charge in [-0.3, -0.25) is 9.78 Å². The molecule has 1 amide bonds. The first-order valence-corrected chi connectivity index (χ1v) is 13.0. The summed E-state index contributed by atoms with van der Waals surface area (Å²) < 4.78 is 22.2. The molecule has 1 saturated heterocycles. The molecule has 0 unspecified atom stereocenters. The van der Waals surface area contributed by atoms with Crippen molar-refractivity contribution in [2.75, 3.05) is 56.0 Å². The van der Waals surface area contributed by atoms with Gasteiger partial charge in [-0.2, -0.15) is 0 Å². The highest BCUT2D eigenvalue weighted by atomic mass is 19.1. The number of amides is 1. The molecule has 2 fully saturated rings. The van der Waals surface area contributed by atoms with Crippen molar-refractivity contribution in [1.82, 2.24) is 14.9 Å². The Hall–Kier alpha value is -3.46. The van der Waals surface area contributed by atoms with Crippen molar-refractivity contribution in [3.8, 4) is 16.9 Å². The number of ether oxygens (including phenoxy) is 1. The van der Waals surface area contributed by atoms with E-state index in [0.29, 0.717) is 52.5 Å². The number of carbonyl (C=O) groups excluding carboxylic acids is 1. The number of carbonyl (C=O) groups is 1. The van der Waals surface area contributed by atoms with Crippen LogP contribution in [0.1, 0.15) is 32.1 Å². The standard InChI is InChI=1S/C28H33FN6O2/c1-33(2)19-7-11-35(12-8-19)23-6-5-18(14-31-23)24-20(29)13-21-25-26(32-17-36)22(15-30-21)34(3)28(9-4-10-28)16-37-27(24)25/h5-6,13-15,17,19H,4,7-12,16H2,1-3H3,(H,30,32,36). The Bertz CT molecular complexity index is 1330. The van der Waals surface area contributed by atoms with Crippen LogP contribution in [0, 0.1) is 5.82 Å². The second-order valence-corrected chi connectivity index (χ2v) is 10.7. The highest BCUT2D eigenvalue weighted by molar-refractivity contribution is 6.08. The molecule has 0 radical (unpaired) electrons. The summed E-state index contributed by atoms with van der Waals surface area (Å²) in [6.07, 6.45) is 9.30. The molecule has 2 aliphatic heterocycles. The van der Waals surface area contributed by atoms with E-state index in [4.69, 9.17) is 9.72 Å². The van der Waals surface area contributed by atoms with Gasteiger partial charge in [0.2, 0.25) is 6.41 Å². The van der Waals surface area contributed by atoms with Crippen molar-refractivity contribution < 1.29 is 13.9 Å². The molecule has 1 saturated carbocycles. The SMILES string of the molecule is CN(C)C1CCN(c2ccc(-c3c(F)cc4ncc5c(NC=O)c4c3OCC3(CCC3)N5C)cn2)CC1. The number of hydrogen-bond acceptors (Lipinski definition) is 7. The zero-order valence-corrected chi connectivity index (χ0v) is 21.6. The highest BCUT2D eigenvalue weighted by Crippen LogP contribution is 2.50. The first kappa shape index (κ1) is 23.9. The Kier molecular flexibility index (Phi) is 5.90. The Morgan fingerprint density at radius 2 is 1.97 bits per heavy atom. The van der Waals surface area contributed by atoms with Gasteiger partial charge in [0.25, 0.3) is 0 Å². The summed E-state index contributed by atoms with van der Waals surface area (Å²) in [5, 5.41) is 3.47. The van der Waals surface area contributed by atoms with Gasteiger partial charge < -0.3 is 24.8 Å². The lowest BCUT2D eigenvalue weighted by Gasteiger charge is -2.50. The monoisotopic (exact) mass is 504 g/mol. The third kappa shape index (κ3) is 3.87. The third-order valence-electron chi connectivity index (χ3n) is 8.65. The molecule has 2 bridgehead atoms. The van der Waals surface area contributed by atoms with Crippen LogP contribution in [0.5, 0.6) is 5.75 Å². The van der Waals surface area contributed by atoms with Crippen LogP contribution in [0.2, 0.25) is 0 Å². The number of rotatable bonds is 5. The maximum atomic E-state index is 15.7. The normalized spacial score (nSPS) is 19.1. The van der Waals surface area contributed by atoms with Crippen molar-refractivity contribution in [1.29, 1.82) is 0 Å². The largest absolute Gasteiger partial charge is 0.490 e. The maximum Gasteiger partial charge on any atom is 0.211 e. The molecule has 9 heteroatoms. The lowest BCUT2D eigenvalue weighted by molar-refractivity contribution is -0.105. The fourth-order valence-corrected chi connectivity index (χ4v) is 6.11. The molecule has 3 aromatic rings. The Labute approximate surface area is 216 Å². The van der Waals surface area contributed by atoms with Crippen molar-refractivity contribution >= 4 is 34.5 Å². The second kappa shape index (κ2) is 9.13. The zero-order chi connectivity index (χ0) is 25.7. The van der Waals surface area contributed by atoms with Crippen molar-refractivity contribution in [2.24, 2.45) is 0 Å². The summed E-state index contributed by atoms with van der Waals surface area (Å²) in [6, 6.07) is 5.88. The van der Waals surface area contributed by atoms with Crippen molar-refractivity contribution in [3.63, 3.8) is 0 Å². The van der Waals surface area contributed by atoms with Crippen molar-refractivity contribution in [2.45, 2.75) is 43.7 Å². The summed E-state index contributed by atoms with van der Waals surface area (Å²) in [5.41, 5.74) is 2.63. The van der Waals surface area contributed by atoms with Gasteiger partial charge >= 0.3 is 0 Å². The van der Waals surface area contributed by atoms with Gasteiger partial charge in [-0.05, 0) is 58.3 Å². The van der Waals surface area contributed by atoms with E-state index < -0.39 is 5.82 Å². The van der Waals surface area contributed by atoms with E-state index in [-0.39, 0.29) is 5.54 Å². The van der Waals surface area contributed by atoms with Crippen LogP contribution in [0.4, 0.5) is 21.6 Å². The molecular weight excluding hydrogens is 471 g/mol. The van der Waals surface area contributed by atoms with Crippen LogP contribution in [-0.2, 0) is 4.79 Å². The van der Waals surface area contributed by atoms with Gasteiger partial charge in [0.05, 0.1) is 39.6 Å². The van der Waals surface area contributed by atoms with Crippen LogP contribution in [0.3, 0.4) is 0 Å². The molecule has 37 heavy (non-hydrogen) atoms. The number of anilines is 3. The first-order chi connectivity index (χ1) is 17.9. The number of fused-ring (bicyclic) bond motifs is 1. The average molecular weight is 505 g/mol. The molecule has 1 spiro atoms. The Balaban J connectivity index is 1.43. The van der Waals surface area contributed by atoms with Crippen LogP contribution >= 0.6 is 0 Å². The highest BCUT2D eigenvalue weighted by Gasteiger charge is 2.44. The minimum absolute atomic E-state index is 0.212. The van der Waals surface area contributed by atoms with Gasteiger partial charge in [-0.1, -0.05) is 0 Å². The number of nitrogens with one attached hydrogen (secondary N) is 1. The van der Waals surface area contributed by atoms with Gasteiger partial charge in [-0.15, -0.1) is 0 Å². The fourth-order valence-electron chi connectivity index (χ4n) is 6.11. The number of aromatic nitrogens is 2. The van der Waals surface area contributed by atoms with Gasteiger partial charge in [0.1, 0.15) is 24.0 Å². The molecule has 6 rings (SSSR count). The van der Waals surface area contributed by atoms with E-state index >= 15 is 4.39 Å². The third-order valence-corrected chi connectivity index (χ3v) is 8.65. The topological polar surface area (TPSA) is 73.8 Å². The van der Waals surface area contributed by atoms with Crippen LogP contribution in [0.25, 0.3) is 22.0 Å². The van der Waals surface area contributed by atoms with E-state index in [1.807, 2.05) is 19.2 Å². The van der Waals surface area contributed by atoms with Crippen LogP contribution in [0.15, 0.2) is 30.6 Å². The predicted octanol–water partition coefficient (Wildman–Crippen LogP) is 4.29. The number of halogens is 1. The molecule has 1 aliphatic carbocycles. The number of likely N-dealkylation sites (N-methyl/N-ethyl adjacent to an activating group) is 1. The van der Waals surface area contributed by atoms with Crippen molar-refractivity contribution in [3.05, 3.63) is 36.4 Å². The summed E-state index contributed by atoms with van der Waals surface area (Å²) in [5.74, 6) is 0.889. The van der Waals surface area contributed by atoms with E-state index in [2.05, 4.69) is 39.1 Å². The fraction of sp³-hybridized carbons (Fsp3) is 0.464. The van der Waals surface area contributed by atoms with Crippen LogP contribution < -0.4 is 19.9 Å². The van der Waals surface area contributed by atoms with E-state index in [1.54, 1.807) is 12.4 Å². The van der Waals surface area contributed by atoms with E-state index in [1.165, 1.54) is 6.07 Å². The number of hydrogen-bond donors (Lipinski definition) is 1. The molecule has 1 N–H and O–H groups in total. The molecule has 2 aromatic heterocycles. The zero-order valence-electron chi connectivity index (χ0n) is 21.6. The smallest absolute Gasteiger partial charge is 0.211 e. The lowest BCUT2D eigenvalue weighted by atomic mass is 9.75. The molecule has 194 valence electrons. The number of nitrogens with zero attached hydrogens (tertiary/aromatic N) is 5. The van der Waals surface area contributed by atoms with Crippen LogP contribution in [-0.4, -0.2) is 73.7 Å². The Morgan fingerprint density at radius 1 is 1.19 bits per heavy atom. The quantitative estimate of drug-likeness (QED) is 0.520.